The fourth-order valence-electron chi connectivity index (χ4n) is 1.71. The van der Waals surface area contributed by atoms with Crippen LogP contribution in [0.2, 0.25) is 0 Å². The zero-order chi connectivity index (χ0) is 13.5. The van der Waals surface area contributed by atoms with E-state index in [0.29, 0.717) is 0 Å². The second kappa shape index (κ2) is 6.64. The SMILES string of the molecule is CCCOc1cccc(/C=C/c2ccc(O)cc2)c1. The molecule has 19 heavy (non-hydrogen) atoms. The lowest BCUT2D eigenvalue weighted by Gasteiger charge is -2.04. The minimum absolute atomic E-state index is 0.284. The number of ether oxygens (including phenoxy) is 1. The van der Waals surface area contributed by atoms with Gasteiger partial charge in [0.05, 0.1) is 6.61 Å². The first-order chi connectivity index (χ1) is 9.28. The molecule has 98 valence electrons. The number of phenolic OH excluding ortho intramolecular Hbond substituents is 1. The van der Waals surface area contributed by atoms with Crippen LogP contribution in [0.1, 0.15) is 24.5 Å². The van der Waals surface area contributed by atoms with E-state index >= 15 is 0 Å². The topological polar surface area (TPSA) is 29.5 Å². The van der Waals surface area contributed by atoms with Crippen LogP contribution in [-0.4, -0.2) is 11.7 Å². The van der Waals surface area contributed by atoms with E-state index in [2.05, 4.69) is 6.92 Å². The van der Waals surface area contributed by atoms with Crippen molar-refractivity contribution >= 4 is 12.2 Å². The lowest BCUT2D eigenvalue weighted by molar-refractivity contribution is 0.317. The molecule has 0 saturated carbocycles. The maximum Gasteiger partial charge on any atom is 0.119 e. The summed E-state index contributed by atoms with van der Waals surface area (Å²) in [5.74, 6) is 1.18. The van der Waals surface area contributed by atoms with Gasteiger partial charge in [0.1, 0.15) is 11.5 Å². The molecule has 0 unspecified atom stereocenters. The van der Waals surface area contributed by atoms with Crippen molar-refractivity contribution < 1.29 is 9.84 Å². The summed E-state index contributed by atoms with van der Waals surface area (Å²) >= 11 is 0. The Balaban J connectivity index is 2.07. The van der Waals surface area contributed by atoms with Crippen molar-refractivity contribution in [3.8, 4) is 11.5 Å². The summed E-state index contributed by atoms with van der Waals surface area (Å²) in [4.78, 5) is 0. The molecule has 2 rings (SSSR count). The fraction of sp³-hybridized carbons (Fsp3) is 0.176. The highest BCUT2D eigenvalue weighted by Crippen LogP contribution is 2.17. The van der Waals surface area contributed by atoms with Crippen molar-refractivity contribution in [2.45, 2.75) is 13.3 Å². The van der Waals surface area contributed by atoms with E-state index in [4.69, 9.17) is 4.74 Å². The lowest BCUT2D eigenvalue weighted by atomic mass is 10.1. The van der Waals surface area contributed by atoms with E-state index < -0.39 is 0 Å². The van der Waals surface area contributed by atoms with Crippen LogP contribution in [-0.2, 0) is 0 Å². The van der Waals surface area contributed by atoms with E-state index in [1.165, 1.54) is 0 Å². The molecule has 0 amide bonds. The first kappa shape index (κ1) is 13.2. The molecule has 0 aliphatic heterocycles. The minimum atomic E-state index is 0.284. The molecular formula is C17H18O2. The molecule has 2 heteroatoms. The third-order valence-electron chi connectivity index (χ3n) is 2.69. The monoisotopic (exact) mass is 254 g/mol. The van der Waals surface area contributed by atoms with Crippen molar-refractivity contribution in [1.29, 1.82) is 0 Å². The maximum atomic E-state index is 9.22. The average Bonchev–Trinajstić information content (AvgIpc) is 2.45. The zero-order valence-corrected chi connectivity index (χ0v) is 11.0. The number of aromatic hydroxyl groups is 1. The van der Waals surface area contributed by atoms with Crippen LogP contribution in [0.3, 0.4) is 0 Å². The second-order valence-corrected chi connectivity index (χ2v) is 4.35. The Morgan fingerprint density at radius 3 is 2.47 bits per heavy atom. The molecule has 0 radical (unpaired) electrons. The van der Waals surface area contributed by atoms with Gasteiger partial charge in [-0.05, 0) is 41.8 Å². The predicted molar refractivity (Wildman–Crippen MR) is 79.3 cm³/mol. The summed E-state index contributed by atoms with van der Waals surface area (Å²) in [5, 5.41) is 9.22. The van der Waals surface area contributed by atoms with Crippen molar-refractivity contribution in [2.24, 2.45) is 0 Å². The first-order valence-corrected chi connectivity index (χ1v) is 6.48. The van der Waals surface area contributed by atoms with Gasteiger partial charge in [0.2, 0.25) is 0 Å². The molecule has 0 aliphatic carbocycles. The summed E-state index contributed by atoms with van der Waals surface area (Å²) in [6.45, 7) is 2.83. The van der Waals surface area contributed by atoms with E-state index in [1.54, 1.807) is 12.1 Å². The number of rotatable bonds is 5. The molecule has 0 bridgehead atoms. The summed E-state index contributed by atoms with van der Waals surface area (Å²) in [6.07, 6.45) is 5.05. The molecule has 0 atom stereocenters. The summed E-state index contributed by atoms with van der Waals surface area (Å²) in [5.41, 5.74) is 2.15. The summed E-state index contributed by atoms with van der Waals surface area (Å²) in [6, 6.07) is 15.1. The van der Waals surface area contributed by atoms with Gasteiger partial charge in [0.15, 0.2) is 0 Å². The third kappa shape index (κ3) is 4.18. The Morgan fingerprint density at radius 2 is 1.74 bits per heavy atom. The van der Waals surface area contributed by atoms with Gasteiger partial charge in [-0.3, -0.25) is 0 Å². The molecule has 2 nitrogen and oxygen atoms in total. The third-order valence-corrected chi connectivity index (χ3v) is 2.69. The van der Waals surface area contributed by atoms with E-state index in [-0.39, 0.29) is 5.75 Å². The first-order valence-electron chi connectivity index (χ1n) is 6.48. The van der Waals surface area contributed by atoms with Gasteiger partial charge in [0, 0.05) is 0 Å². The van der Waals surface area contributed by atoms with Gasteiger partial charge in [0.25, 0.3) is 0 Å². The van der Waals surface area contributed by atoms with Gasteiger partial charge in [-0.1, -0.05) is 43.3 Å². The number of hydrogen-bond donors (Lipinski definition) is 1. The van der Waals surface area contributed by atoms with Crippen molar-refractivity contribution in [3.63, 3.8) is 0 Å². The highest BCUT2D eigenvalue weighted by atomic mass is 16.5. The van der Waals surface area contributed by atoms with E-state index in [9.17, 15) is 5.11 Å². The van der Waals surface area contributed by atoms with Crippen molar-refractivity contribution in [3.05, 3.63) is 59.7 Å². The standard InChI is InChI=1S/C17H18O2/c1-2-12-19-17-5-3-4-15(13-17)7-6-14-8-10-16(18)11-9-14/h3-11,13,18H,2,12H2,1H3/b7-6+. The van der Waals surface area contributed by atoms with Gasteiger partial charge in [-0.2, -0.15) is 0 Å². The highest BCUT2D eigenvalue weighted by molar-refractivity contribution is 5.70. The molecule has 0 fully saturated rings. The van der Waals surface area contributed by atoms with Crippen molar-refractivity contribution in [1.82, 2.24) is 0 Å². The fourth-order valence-corrected chi connectivity index (χ4v) is 1.71. The molecule has 0 spiro atoms. The molecule has 0 aliphatic rings. The zero-order valence-electron chi connectivity index (χ0n) is 11.0. The van der Waals surface area contributed by atoms with Crippen molar-refractivity contribution in [2.75, 3.05) is 6.61 Å². The predicted octanol–water partition coefficient (Wildman–Crippen LogP) is 4.35. The van der Waals surface area contributed by atoms with Gasteiger partial charge < -0.3 is 9.84 Å². The molecule has 0 saturated heterocycles. The number of benzene rings is 2. The molecule has 2 aromatic rings. The van der Waals surface area contributed by atoms with Crippen LogP contribution in [0.15, 0.2) is 48.5 Å². The number of hydrogen-bond acceptors (Lipinski definition) is 2. The van der Waals surface area contributed by atoms with Gasteiger partial charge >= 0.3 is 0 Å². The van der Waals surface area contributed by atoms with Gasteiger partial charge in [-0.25, -0.2) is 0 Å². The van der Waals surface area contributed by atoms with Crippen LogP contribution in [0.25, 0.3) is 12.2 Å². The molecule has 0 aromatic heterocycles. The molecule has 2 aromatic carbocycles. The Bertz CT molecular complexity index is 541. The van der Waals surface area contributed by atoms with Crippen LogP contribution in [0, 0.1) is 0 Å². The van der Waals surface area contributed by atoms with Crippen LogP contribution >= 0.6 is 0 Å². The van der Waals surface area contributed by atoms with E-state index in [0.717, 1.165) is 29.9 Å². The van der Waals surface area contributed by atoms with E-state index in [1.807, 2.05) is 48.6 Å². The van der Waals surface area contributed by atoms with Crippen LogP contribution in [0.4, 0.5) is 0 Å². The van der Waals surface area contributed by atoms with Crippen LogP contribution < -0.4 is 4.74 Å². The van der Waals surface area contributed by atoms with Gasteiger partial charge in [-0.15, -0.1) is 0 Å². The lowest BCUT2D eigenvalue weighted by Crippen LogP contribution is -1.94. The molecule has 1 N–H and O–H groups in total. The highest BCUT2D eigenvalue weighted by Gasteiger charge is 1.94. The Labute approximate surface area is 114 Å². The largest absolute Gasteiger partial charge is 0.508 e. The molecule has 0 heterocycles. The maximum absolute atomic E-state index is 9.22. The summed E-state index contributed by atoms with van der Waals surface area (Å²) < 4.78 is 5.60. The normalized spacial score (nSPS) is 10.8. The Kier molecular flexibility index (Phi) is 4.62. The molecular weight excluding hydrogens is 236 g/mol. The quantitative estimate of drug-likeness (QED) is 0.804. The average molecular weight is 254 g/mol. The second-order valence-electron chi connectivity index (χ2n) is 4.35. The summed E-state index contributed by atoms with van der Waals surface area (Å²) in [7, 11) is 0. The minimum Gasteiger partial charge on any atom is -0.508 e. The number of phenols is 1. The van der Waals surface area contributed by atoms with Crippen LogP contribution in [0.5, 0.6) is 11.5 Å². The Morgan fingerprint density at radius 1 is 1.00 bits per heavy atom. The smallest absolute Gasteiger partial charge is 0.119 e. The Hall–Kier alpha value is -2.22.